The second kappa shape index (κ2) is 11.0. The van der Waals surface area contributed by atoms with Crippen LogP contribution in [0.15, 0.2) is 30.6 Å². The average Bonchev–Trinajstić information content (AvgIpc) is 2.86. The first-order valence-corrected chi connectivity index (χ1v) is 13.7. The number of sulfonamides is 1. The number of hydrogen-bond acceptors (Lipinski definition) is 8. The van der Waals surface area contributed by atoms with Crippen LogP contribution in [0, 0.1) is 0 Å². The van der Waals surface area contributed by atoms with Gasteiger partial charge in [0.2, 0.25) is 16.0 Å². The number of aromatic nitrogens is 2. The molecule has 1 aromatic heterocycles. The summed E-state index contributed by atoms with van der Waals surface area (Å²) < 4.78 is 37.2. The Bertz CT molecular complexity index is 1060. The van der Waals surface area contributed by atoms with Crippen molar-refractivity contribution in [1.29, 1.82) is 0 Å². The average molecular weight is 491 g/mol. The predicted molar refractivity (Wildman–Crippen MR) is 129 cm³/mol. The molecule has 1 saturated heterocycles. The molecule has 1 fully saturated rings. The molecule has 0 spiro atoms. The van der Waals surface area contributed by atoms with E-state index < -0.39 is 16.1 Å². The molecule has 0 aliphatic carbocycles. The molecule has 1 N–H and O–H groups in total. The summed E-state index contributed by atoms with van der Waals surface area (Å²) in [6, 6.07) is 5.73. The lowest BCUT2D eigenvalue weighted by Gasteiger charge is -2.33. The number of ether oxygens (including phenoxy) is 2. The molecule has 34 heavy (non-hydrogen) atoms. The van der Waals surface area contributed by atoms with Crippen molar-refractivity contribution >= 4 is 16.0 Å². The summed E-state index contributed by atoms with van der Waals surface area (Å²) >= 11 is 0. The van der Waals surface area contributed by atoms with Crippen LogP contribution in [-0.4, -0.2) is 79.1 Å². The maximum absolute atomic E-state index is 11.8. The molecule has 0 saturated carbocycles. The van der Waals surface area contributed by atoms with Crippen molar-refractivity contribution in [3.8, 4) is 5.75 Å². The van der Waals surface area contributed by atoms with Gasteiger partial charge in [-0.2, -0.15) is 4.31 Å². The molecule has 186 valence electrons. The Morgan fingerprint density at radius 2 is 1.88 bits per heavy atom. The Labute approximate surface area is 201 Å². The van der Waals surface area contributed by atoms with E-state index in [0.29, 0.717) is 25.3 Å². The molecule has 3 heterocycles. The van der Waals surface area contributed by atoms with Crippen molar-refractivity contribution < 1.29 is 23.0 Å². The van der Waals surface area contributed by atoms with E-state index in [0.717, 1.165) is 55.0 Å². The molecule has 2 aromatic rings. The maximum atomic E-state index is 11.8. The predicted octanol–water partition coefficient (Wildman–Crippen LogP) is 1.78. The summed E-state index contributed by atoms with van der Waals surface area (Å²) in [6.07, 6.45) is 7.91. The van der Waals surface area contributed by atoms with Gasteiger partial charge in [-0.1, -0.05) is 13.0 Å². The first kappa shape index (κ1) is 24.8. The van der Waals surface area contributed by atoms with Gasteiger partial charge in [0.1, 0.15) is 18.5 Å². The van der Waals surface area contributed by atoms with E-state index in [4.69, 9.17) is 9.47 Å². The molecule has 1 aromatic carbocycles. The topological polar surface area (TPSA) is 105 Å². The fourth-order valence-corrected chi connectivity index (χ4v) is 5.15. The number of hydrogen-bond donors (Lipinski definition) is 1. The van der Waals surface area contributed by atoms with Gasteiger partial charge in [0.15, 0.2) is 0 Å². The highest BCUT2D eigenvalue weighted by molar-refractivity contribution is 7.88. The van der Waals surface area contributed by atoms with Crippen LogP contribution in [0.2, 0.25) is 0 Å². The summed E-state index contributed by atoms with van der Waals surface area (Å²) in [6.45, 7) is 4.72. The number of nitrogens with zero attached hydrogens (tertiary/aromatic N) is 4. The van der Waals surface area contributed by atoms with Crippen molar-refractivity contribution in [3.05, 3.63) is 47.3 Å². The van der Waals surface area contributed by atoms with Crippen LogP contribution in [0.25, 0.3) is 0 Å². The molecular weight excluding hydrogens is 456 g/mol. The van der Waals surface area contributed by atoms with Crippen molar-refractivity contribution in [2.75, 3.05) is 44.0 Å². The van der Waals surface area contributed by atoms with E-state index >= 15 is 0 Å². The Balaban J connectivity index is 1.25. The number of aliphatic hydroxyl groups excluding tert-OH is 1. The van der Waals surface area contributed by atoms with Gasteiger partial charge in [0.25, 0.3) is 0 Å². The highest BCUT2D eigenvalue weighted by atomic mass is 32.2. The molecule has 2 aliphatic heterocycles. The van der Waals surface area contributed by atoms with Gasteiger partial charge in [-0.25, -0.2) is 18.4 Å². The molecule has 0 amide bonds. The van der Waals surface area contributed by atoms with Gasteiger partial charge in [-0.15, -0.1) is 0 Å². The number of rotatable bonds is 9. The molecule has 0 bridgehead atoms. The molecule has 1 atom stereocenters. The van der Waals surface area contributed by atoms with Crippen LogP contribution in [0.5, 0.6) is 5.75 Å². The van der Waals surface area contributed by atoms with Crippen molar-refractivity contribution in [3.63, 3.8) is 0 Å². The van der Waals surface area contributed by atoms with Crippen molar-refractivity contribution in [1.82, 2.24) is 14.3 Å². The lowest BCUT2D eigenvalue weighted by atomic mass is 10.0. The second-order valence-electron chi connectivity index (χ2n) is 8.96. The van der Waals surface area contributed by atoms with Gasteiger partial charge in [0, 0.05) is 38.6 Å². The van der Waals surface area contributed by atoms with E-state index in [2.05, 4.69) is 21.8 Å². The zero-order valence-electron chi connectivity index (χ0n) is 19.9. The quantitative estimate of drug-likeness (QED) is 0.567. The van der Waals surface area contributed by atoms with Crippen LogP contribution >= 0.6 is 0 Å². The summed E-state index contributed by atoms with van der Waals surface area (Å²) in [5.74, 6) is 1.46. The van der Waals surface area contributed by atoms with Crippen molar-refractivity contribution in [2.45, 2.75) is 51.4 Å². The molecule has 4 rings (SSSR count). The minimum atomic E-state index is -3.19. The minimum absolute atomic E-state index is 0.0532. The number of anilines is 1. The molecule has 9 nitrogen and oxygen atoms in total. The van der Waals surface area contributed by atoms with E-state index in [9.17, 15) is 13.5 Å². The smallest absolute Gasteiger partial charge is 0.225 e. The zero-order valence-corrected chi connectivity index (χ0v) is 20.7. The van der Waals surface area contributed by atoms with E-state index in [-0.39, 0.29) is 19.3 Å². The Morgan fingerprint density at radius 3 is 2.53 bits per heavy atom. The number of aliphatic hydroxyl groups is 1. The standard InChI is InChI=1S/C24H34N4O5S/c1-3-18-13-25-24(26-14-18)27-9-7-21(8-10-27)33-23(16-29)17-32-22-5-4-20-15-28(34(2,30)31)11-6-19(20)12-22/h4-5,12-14,21,23,29H,3,6-11,15-17H2,1-2H3. The fraction of sp³-hybridized carbons (Fsp3) is 0.583. The van der Waals surface area contributed by atoms with Crippen LogP contribution in [0.1, 0.15) is 36.5 Å². The number of benzene rings is 1. The van der Waals surface area contributed by atoms with Gasteiger partial charge < -0.3 is 19.5 Å². The normalized spacial score (nSPS) is 18.5. The largest absolute Gasteiger partial charge is 0.491 e. The minimum Gasteiger partial charge on any atom is -0.491 e. The van der Waals surface area contributed by atoms with E-state index in [1.54, 1.807) is 0 Å². The first-order valence-electron chi connectivity index (χ1n) is 11.9. The molecule has 0 radical (unpaired) electrons. The highest BCUT2D eigenvalue weighted by Gasteiger charge is 2.25. The van der Waals surface area contributed by atoms with E-state index in [1.165, 1.54) is 10.6 Å². The van der Waals surface area contributed by atoms with Gasteiger partial charge in [0.05, 0.1) is 19.0 Å². The van der Waals surface area contributed by atoms with Gasteiger partial charge >= 0.3 is 0 Å². The molecule has 1 unspecified atom stereocenters. The lowest BCUT2D eigenvalue weighted by molar-refractivity contribution is -0.0657. The van der Waals surface area contributed by atoms with E-state index in [1.807, 2.05) is 30.6 Å². The third-order valence-corrected chi connectivity index (χ3v) is 7.72. The number of piperidine rings is 1. The number of fused-ring (bicyclic) bond motifs is 1. The summed E-state index contributed by atoms with van der Waals surface area (Å²) in [5.41, 5.74) is 3.22. The second-order valence-corrected chi connectivity index (χ2v) is 10.9. The van der Waals surface area contributed by atoms with Gasteiger partial charge in [-0.05, 0) is 54.5 Å². The summed E-state index contributed by atoms with van der Waals surface area (Å²) in [7, 11) is -3.19. The van der Waals surface area contributed by atoms with Crippen LogP contribution < -0.4 is 9.64 Å². The Hall–Kier alpha value is -2.27. The van der Waals surface area contributed by atoms with Crippen molar-refractivity contribution in [2.24, 2.45) is 0 Å². The highest BCUT2D eigenvalue weighted by Crippen LogP contribution is 2.26. The fourth-order valence-electron chi connectivity index (χ4n) is 4.36. The first-order chi connectivity index (χ1) is 16.4. The van der Waals surface area contributed by atoms with Crippen LogP contribution in [-0.2, 0) is 34.1 Å². The lowest BCUT2D eigenvalue weighted by Crippen LogP contribution is -2.41. The SMILES string of the molecule is CCc1cnc(N2CCC(OC(CO)COc3ccc4c(c3)CCN(S(C)(=O)=O)C4)CC2)nc1. The molecule has 2 aliphatic rings. The summed E-state index contributed by atoms with van der Waals surface area (Å²) in [4.78, 5) is 11.1. The number of aryl methyl sites for hydroxylation is 1. The third kappa shape index (κ3) is 6.24. The molecule has 10 heteroatoms. The maximum Gasteiger partial charge on any atom is 0.225 e. The summed E-state index contributed by atoms with van der Waals surface area (Å²) in [5, 5.41) is 9.81. The van der Waals surface area contributed by atoms with Crippen LogP contribution in [0.4, 0.5) is 5.95 Å². The van der Waals surface area contributed by atoms with Crippen LogP contribution in [0.3, 0.4) is 0 Å². The Morgan fingerprint density at radius 1 is 1.15 bits per heavy atom. The zero-order chi connectivity index (χ0) is 24.1. The molecular formula is C24H34N4O5S. The monoisotopic (exact) mass is 490 g/mol. The Kier molecular flexibility index (Phi) is 8.02. The third-order valence-electron chi connectivity index (χ3n) is 6.47. The van der Waals surface area contributed by atoms with Gasteiger partial charge in [-0.3, -0.25) is 0 Å².